The molecule has 1 aromatic rings. The molecule has 0 aromatic heterocycles. The summed E-state index contributed by atoms with van der Waals surface area (Å²) in [7, 11) is 0. The van der Waals surface area contributed by atoms with Crippen LogP contribution in [0.3, 0.4) is 0 Å². The number of carbonyl (C=O) groups excluding carboxylic acids is 1. The van der Waals surface area contributed by atoms with Gasteiger partial charge in [0.2, 0.25) is 5.91 Å². The Balaban J connectivity index is 2.09. The third kappa shape index (κ3) is 2.35. The molecule has 0 atom stereocenters. The first kappa shape index (κ1) is 11.0. The van der Waals surface area contributed by atoms with Gasteiger partial charge in [-0.3, -0.25) is 4.79 Å². The zero-order chi connectivity index (χ0) is 11.5. The first-order valence-electron chi connectivity index (χ1n) is 5.84. The molecule has 1 fully saturated rings. The van der Waals surface area contributed by atoms with E-state index in [1.807, 2.05) is 29.2 Å². The van der Waals surface area contributed by atoms with Crippen molar-refractivity contribution in [2.45, 2.75) is 32.7 Å². The average Bonchev–Trinajstić information content (AvgIpc) is 2.65. The van der Waals surface area contributed by atoms with Crippen LogP contribution in [-0.4, -0.2) is 18.5 Å². The third-order valence-corrected chi connectivity index (χ3v) is 2.71. The molecule has 0 bridgehead atoms. The molecule has 1 heterocycles. The van der Waals surface area contributed by atoms with Crippen molar-refractivity contribution in [1.29, 1.82) is 0 Å². The normalized spacial score (nSPS) is 15.9. The van der Waals surface area contributed by atoms with E-state index >= 15 is 0 Å². The lowest BCUT2D eigenvalue weighted by molar-refractivity contribution is -0.117. The smallest absolute Gasteiger partial charge is 0.227 e. The van der Waals surface area contributed by atoms with Gasteiger partial charge in [-0.25, -0.2) is 0 Å². The Bertz CT molecular complexity index is 370. The predicted octanol–water partition coefficient (Wildman–Crippen LogP) is 2.63. The number of nitrogens with one attached hydrogen (secondary N) is 1. The molecule has 2 rings (SSSR count). The van der Waals surface area contributed by atoms with Gasteiger partial charge in [-0.2, -0.15) is 0 Å². The molecule has 86 valence electrons. The first-order chi connectivity index (χ1) is 7.66. The molecule has 0 unspecified atom stereocenters. The second-order valence-corrected chi connectivity index (χ2v) is 4.49. The van der Waals surface area contributed by atoms with Crippen molar-refractivity contribution in [1.82, 2.24) is 0 Å². The highest BCUT2D eigenvalue weighted by molar-refractivity contribution is 5.95. The fourth-order valence-electron chi connectivity index (χ4n) is 1.99. The van der Waals surface area contributed by atoms with Gasteiger partial charge in [-0.1, -0.05) is 0 Å². The van der Waals surface area contributed by atoms with Crippen molar-refractivity contribution >= 4 is 17.3 Å². The van der Waals surface area contributed by atoms with Gasteiger partial charge in [0.15, 0.2) is 0 Å². The van der Waals surface area contributed by atoms with Crippen molar-refractivity contribution in [3.63, 3.8) is 0 Å². The van der Waals surface area contributed by atoms with Crippen molar-refractivity contribution in [3.05, 3.63) is 24.3 Å². The molecule has 1 aromatic carbocycles. The summed E-state index contributed by atoms with van der Waals surface area (Å²) in [4.78, 5) is 13.4. The zero-order valence-corrected chi connectivity index (χ0v) is 9.86. The van der Waals surface area contributed by atoms with E-state index < -0.39 is 0 Å². The lowest BCUT2D eigenvalue weighted by Crippen LogP contribution is -2.23. The van der Waals surface area contributed by atoms with Gasteiger partial charge >= 0.3 is 0 Å². The van der Waals surface area contributed by atoms with E-state index in [1.165, 1.54) is 0 Å². The topological polar surface area (TPSA) is 32.3 Å². The minimum Gasteiger partial charge on any atom is -0.383 e. The Hall–Kier alpha value is -1.51. The molecule has 1 aliphatic rings. The second kappa shape index (κ2) is 4.56. The van der Waals surface area contributed by atoms with Crippen LogP contribution < -0.4 is 10.2 Å². The lowest BCUT2D eigenvalue weighted by atomic mass is 10.2. The van der Waals surface area contributed by atoms with Gasteiger partial charge in [0.25, 0.3) is 0 Å². The summed E-state index contributed by atoms with van der Waals surface area (Å²) in [5.41, 5.74) is 2.11. The molecular weight excluding hydrogens is 200 g/mol. The van der Waals surface area contributed by atoms with Crippen LogP contribution in [0.4, 0.5) is 11.4 Å². The standard InChI is InChI=1S/C13H18N2O/c1-10(2)14-11-5-7-12(8-6-11)15-9-3-4-13(15)16/h5-8,10,14H,3-4,9H2,1-2H3. The van der Waals surface area contributed by atoms with E-state index in [0.29, 0.717) is 12.5 Å². The quantitative estimate of drug-likeness (QED) is 0.845. The van der Waals surface area contributed by atoms with Crippen LogP contribution in [0.2, 0.25) is 0 Å². The van der Waals surface area contributed by atoms with Crippen molar-refractivity contribution in [3.8, 4) is 0 Å². The Morgan fingerprint density at radius 3 is 2.44 bits per heavy atom. The number of amides is 1. The number of benzene rings is 1. The molecule has 3 nitrogen and oxygen atoms in total. The Morgan fingerprint density at radius 1 is 1.25 bits per heavy atom. The molecule has 1 N–H and O–H groups in total. The lowest BCUT2D eigenvalue weighted by Gasteiger charge is -2.17. The minimum atomic E-state index is 0.240. The molecule has 3 heteroatoms. The summed E-state index contributed by atoms with van der Waals surface area (Å²) in [6.45, 7) is 5.08. The van der Waals surface area contributed by atoms with Crippen LogP contribution in [0.15, 0.2) is 24.3 Å². The number of carbonyl (C=O) groups is 1. The van der Waals surface area contributed by atoms with E-state index in [-0.39, 0.29) is 5.91 Å². The highest BCUT2D eigenvalue weighted by atomic mass is 16.2. The maximum atomic E-state index is 11.5. The zero-order valence-electron chi connectivity index (χ0n) is 9.86. The Morgan fingerprint density at radius 2 is 1.94 bits per heavy atom. The van der Waals surface area contributed by atoms with Crippen LogP contribution in [0.25, 0.3) is 0 Å². The molecule has 1 saturated heterocycles. The van der Waals surface area contributed by atoms with E-state index in [1.54, 1.807) is 0 Å². The monoisotopic (exact) mass is 218 g/mol. The molecule has 0 saturated carbocycles. The SMILES string of the molecule is CC(C)Nc1ccc(N2CCCC2=O)cc1. The average molecular weight is 218 g/mol. The summed E-state index contributed by atoms with van der Waals surface area (Å²) >= 11 is 0. The number of nitrogens with zero attached hydrogens (tertiary/aromatic N) is 1. The molecular formula is C13H18N2O. The van der Waals surface area contributed by atoms with Crippen molar-refractivity contribution in [2.75, 3.05) is 16.8 Å². The second-order valence-electron chi connectivity index (χ2n) is 4.49. The predicted molar refractivity (Wildman–Crippen MR) is 66.8 cm³/mol. The number of hydrogen-bond donors (Lipinski definition) is 1. The summed E-state index contributed by atoms with van der Waals surface area (Å²) in [6, 6.07) is 8.50. The summed E-state index contributed by atoms with van der Waals surface area (Å²) in [5, 5.41) is 3.33. The van der Waals surface area contributed by atoms with Gasteiger partial charge < -0.3 is 10.2 Å². The maximum absolute atomic E-state index is 11.5. The molecule has 0 spiro atoms. The molecule has 16 heavy (non-hydrogen) atoms. The van der Waals surface area contributed by atoms with E-state index in [2.05, 4.69) is 19.2 Å². The fraction of sp³-hybridized carbons (Fsp3) is 0.462. The third-order valence-electron chi connectivity index (χ3n) is 2.71. The summed E-state index contributed by atoms with van der Waals surface area (Å²) in [6.07, 6.45) is 1.66. The number of anilines is 2. The van der Waals surface area contributed by atoms with Crippen LogP contribution in [0.5, 0.6) is 0 Å². The van der Waals surface area contributed by atoms with Gasteiger partial charge in [0, 0.05) is 30.4 Å². The Labute approximate surface area is 96.5 Å². The fourth-order valence-corrected chi connectivity index (χ4v) is 1.99. The van der Waals surface area contributed by atoms with Gasteiger partial charge in [-0.15, -0.1) is 0 Å². The summed E-state index contributed by atoms with van der Waals surface area (Å²) < 4.78 is 0. The van der Waals surface area contributed by atoms with E-state index in [4.69, 9.17) is 0 Å². The largest absolute Gasteiger partial charge is 0.383 e. The van der Waals surface area contributed by atoms with Crippen LogP contribution in [-0.2, 0) is 4.79 Å². The maximum Gasteiger partial charge on any atom is 0.227 e. The van der Waals surface area contributed by atoms with E-state index in [0.717, 1.165) is 24.3 Å². The molecule has 0 radical (unpaired) electrons. The van der Waals surface area contributed by atoms with Gasteiger partial charge in [0.05, 0.1) is 0 Å². The number of rotatable bonds is 3. The Kier molecular flexibility index (Phi) is 3.13. The highest BCUT2D eigenvalue weighted by Gasteiger charge is 2.21. The highest BCUT2D eigenvalue weighted by Crippen LogP contribution is 2.23. The molecule has 0 aliphatic carbocycles. The summed E-state index contributed by atoms with van der Waals surface area (Å²) in [5.74, 6) is 0.240. The van der Waals surface area contributed by atoms with Crippen molar-refractivity contribution in [2.24, 2.45) is 0 Å². The first-order valence-corrected chi connectivity index (χ1v) is 5.84. The van der Waals surface area contributed by atoms with Gasteiger partial charge in [-0.05, 0) is 44.5 Å². The number of hydrogen-bond acceptors (Lipinski definition) is 2. The van der Waals surface area contributed by atoms with Crippen LogP contribution in [0.1, 0.15) is 26.7 Å². The minimum absolute atomic E-state index is 0.240. The van der Waals surface area contributed by atoms with Gasteiger partial charge in [0.1, 0.15) is 0 Å². The van der Waals surface area contributed by atoms with Crippen LogP contribution >= 0.6 is 0 Å². The molecule has 1 aliphatic heterocycles. The van der Waals surface area contributed by atoms with E-state index in [9.17, 15) is 4.79 Å². The van der Waals surface area contributed by atoms with Crippen molar-refractivity contribution < 1.29 is 4.79 Å². The molecule has 1 amide bonds. The van der Waals surface area contributed by atoms with Crippen LogP contribution in [0, 0.1) is 0 Å².